The Balaban J connectivity index is 1.78. The van der Waals surface area contributed by atoms with Crippen LogP contribution in [0.15, 0.2) is 42.5 Å². The van der Waals surface area contributed by atoms with Crippen molar-refractivity contribution in [2.45, 2.75) is 71.5 Å². The first-order valence-corrected chi connectivity index (χ1v) is 11.1. The molecule has 0 aliphatic heterocycles. The van der Waals surface area contributed by atoms with Crippen LogP contribution >= 0.6 is 11.6 Å². The highest BCUT2D eigenvalue weighted by molar-refractivity contribution is 6.30. The average molecular weight is 427 g/mol. The molecular formula is C25H31ClN2O2. The summed E-state index contributed by atoms with van der Waals surface area (Å²) in [7, 11) is 0. The molecule has 4 nitrogen and oxygen atoms in total. The van der Waals surface area contributed by atoms with Crippen LogP contribution in [0.25, 0.3) is 0 Å². The minimum Gasteiger partial charge on any atom is -0.352 e. The van der Waals surface area contributed by atoms with E-state index in [0.717, 1.165) is 42.4 Å². The maximum absolute atomic E-state index is 13.3. The Kier molecular flexibility index (Phi) is 7.54. The van der Waals surface area contributed by atoms with Crippen molar-refractivity contribution in [2.24, 2.45) is 0 Å². The molecule has 30 heavy (non-hydrogen) atoms. The quantitative estimate of drug-likeness (QED) is 0.679. The summed E-state index contributed by atoms with van der Waals surface area (Å²) in [6, 6.07) is 13.2. The molecule has 0 aromatic heterocycles. The van der Waals surface area contributed by atoms with Gasteiger partial charge in [0, 0.05) is 17.6 Å². The van der Waals surface area contributed by atoms with Crippen molar-refractivity contribution in [3.63, 3.8) is 0 Å². The SMILES string of the molecule is Cc1ccc(CC(=O)N(Cc2cccc(Cl)c2)C(C)C(=O)NC2CCCC2)cc1C. The van der Waals surface area contributed by atoms with Gasteiger partial charge in [-0.15, -0.1) is 0 Å². The summed E-state index contributed by atoms with van der Waals surface area (Å²) in [6.07, 6.45) is 4.60. The van der Waals surface area contributed by atoms with Gasteiger partial charge in [0.15, 0.2) is 0 Å². The number of carbonyl (C=O) groups excluding carboxylic acids is 2. The fourth-order valence-corrected chi connectivity index (χ4v) is 4.21. The number of nitrogens with one attached hydrogen (secondary N) is 1. The molecule has 2 aromatic carbocycles. The molecule has 1 atom stereocenters. The van der Waals surface area contributed by atoms with Gasteiger partial charge in [-0.1, -0.05) is 54.8 Å². The van der Waals surface area contributed by atoms with Gasteiger partial charge in [-0.3, -0.25) is 9.59 Å². The zero-order valence-corrected chi connectivity index (χ0v) is 18.8. The minimum absolute atomic E-state index is 0.0627. The molecule has 0 heterocycles. The van der Waals surface area contributed by atoms with Gasteiger partial charge in [0.25, 0.3) is 0 Å². The molecule has 5 heteroatoms. The van der Waals surface area contributed by atoms with E-state index in [2.05, 4.69) is 12.2 Å². The molecule has 0 saturated heterocycles. The molecule has 0 bridgehead atoms. The molecule has 1 fully saturated rings. The molecular weight excluding hydrogens is 396 g/mol. The molecule has 0 radical (unpaired) electrons. The lowest BCUT2D eigenvalue weighted by Gasteiger charge is -2.30. The average Bonchev–Trinajstić information content (AvgIpc) is 3.21. The topological polar surface area (TPSA) is 49.4 Å². The number of benzene rings is 2. The van der Waals surface area contributed by atoms with Gasteiger partial charge in [-0.2, -0.15) is 0 Å². The zero-order valence-electron chi connectivity index (χ0n) is 18.1. The predicted molar refractivity (Wildman–Crippen MR) is 121 cm³/mol. The van der Waals surface area contributed by atoms with Crippen molar-refractivity contribution >= 4 is 23.4 Å². The van der Waals surface area contributed by atoms with Crippen molar-refractivity contribution in [3.8, 4) is 0 Å². The van der Waals surface area contributed by atoms with Crippen LogP contribution in [-0.2, 0) is 22.6 Å². The molecule has 160 valence electrons. The maximum Gasteiger partial charge on any atom is 0.242 e. The lowest BCUT2D eigenvalue weighted by Crippen LogP contribution is -2.50. The summed E-state index contributed by atoms with van der Waals surface area (Å²) in [5, 5.41) is 3.76. The third-order valence-electron chi connectivity index (χ3n) is 6.04. The van der Waals surface area contributed by atoms with Crippen LogP contribution in [0, 0.1) is 13.8 Å². The number of amides is 2. The standard InChI is InChI=1S/C25H31ClN2O2/c1-17-11-12-20(13-18(17)2)15-24(29)28(16-21-7-6-8-22(26)14-21)19(3)25(30)27-23-9-4-5-10-23/h6-8,11-14,19,23H,4-5,9-10,15-16H2,1-3H3,(H,27,30). The van der Waals surface area contributed by atoms with Crippen molar-refractivity contribution in [1.82, 2.24) is 10.2 Å². The maximum atomic E-state index is 13.3. The van der Waals surface area contributed by atoms with Gasteiger partial charge >= 0.3 is 0 Å². The Labute approximate surface area is 184 Å². The fourth-order valence-electron chi connectivity index (χ4n) is 4.00. The summed E-state index contributed by atoms with van der Waals surface area (Å²) >= 11 is 6.14. The number of halogens is 1. The third-order valence-corrected chi connectivity index (χ3v) is 6.27. The van der Waals surface area contributed by atoms with Crippen LogP contribution in [0.3, 0.4) is 0 Å². The van der Waals surface area contributed by atoms with Crippen LogP contribution in [0.4, 0.5) is 0 Å². The summed E-state index contributed by atoms with van der Waals surface area (Å²) in [5.41, 5.74) is 4.24. The van der Waals surface area contributed by atoms with Crippen molar-refractivity contribution in [2.75, 3.05) is 0 Å². The molecule has 1 unspecified atom stereocenters. The number of hydrogen-bond acceptors (Lipinski definition) is 2. The second-order valence-corrected chi connectivity index (χ2v) is 8.85. The second-order valence-electron chi connectivity index (χ2n) is 8.41. The minimum atomic E-state index is -0.552. The Morgan fingerprint density at radius 1 is 1.07 bits per heavy atom. The van der Waals surface area contributed by atoms with Crippen LogP contribution in [0.2, 0.25) is 5.02 Å². The molecule has 1 aliphatic carbocycles. The third kappa shape index (κ3) is 5.85. The van der Waals surface area contributed by atoms with Gasteiger partial charge in [-0.05, 0) is 68.0 Å². The first-order chi connectivity index (χ1) is 14.3. The summed E-state index contributed by atoms with van der Waals surface area (Å²) < 4.78 is 0. The molecule has 2 amide bonds. The molecule has 3 rings (SSSR count). The van der Waals surface area contributed by atoms with Crippen molar-refractivity contribution in [3.05, 3.63) is 69.7 Å². The highest BCUT2D eigenvalue weighted by Gasteiger charge is 2.28. The first kappa shape index (κ1) is 22.4. The van der Waals surface area contributed by atoms with E-state index in [-0.39, 0.29) is 24.3 Å². The predicted octanol–water partition coefficient (Wildman–Crippen LogP) is 4.98. The number of carbonyl (C=O) groups is 2. The van der Waals surface area contributed by atoms with E-state index in [9.17, 15) is 9.59 Å². The Morgan fingerprint density at radius 3 is 2.47 bits per heavy atom. The second kappa shape index (κ2) is 10.1. The number of nitrogens with zero attached hydrogens (tertiary/aromatic N) is 1. The van der Waals surface area contributed by atoms with Gasteiger partial charge in [-0.25, -0.2) is 0 Å². The monoisotopic (exact) mass is 426 g/mol. The van der Waals surface area contributed by atoms with Crippen LogP contribution in [0.1, 0.15) is 54.9 Å². The molecule has 1 saturated carbocycles. The Morgan fingerprint density at radius 2 is 1.80 bits per heavy atom. The lowest BCUT2D eigenvalue weighted by atomic mass is 10.0. The summed E-state index contributed by atoms with van der Waals surface area (Å²) in [4.78, 5) is 27.9. The molecule has 0 spiro atoms. The molecule has 1 aliphatic rings. The number of rotatable bonds is 7. The highest BCUT2D eigenvalue weighted by Crippen LogP contribution is 2.20. The van der Waals surface area contributed by atoms with Crippen LogP contribution in [0.5, 0.6) is 0 Å². The summed E-state index contributed by atoms with van der Waals surface area (Å²) in [5.74, 6) is -0.148. The van der Waals surface area contributed by atoms with Crippen molar-refractivity contribution < 1.29 is 9.59 Å². The largest absolute Gasteiger partial charge is 0.352 e. The van der Waals surface area contributed by atoms with E-state index >= 15 is 0 Å². The van der Waals surface area contributed by atoms with E-state index in [0.29, 0.717) is 11.6 Å². The van der Waals surface area contributed by atoms with Gasteiger partial charge < -0.3 is 10.2 Å². The highest BCUT2D eigenvalue weighted by atomic mass is 35.5. The molecule has 1 N–H and O–H groups in total. The smallest absolute Gasteiger partial charge is 0.242 e. The van der Waals surface area contributed by atoms with Crippen LogP contribution in [-0.4, -0.2) is 28.8 Å². The Hall–Kier alpha value is -2.33. The van der Waals surface area contributed by atoms with Gasteiger partial charge in [0.1, 0.15) is 6.04 Å². The fraction of sp³-hybridized carbons (Fsp3) is 0.440. The lowest BCUT2D eigenvalue weighted by molar-refractivity contribution is -0.140. The van der Waals surface area contributed by atoms with E-state index in [4.69, 9.17) is 11.6 Å². The zero-order chi connectivity index (χ0) is 21.7. The van der Waals surface area contributed by atoms with Crippen LogP contribution < -0.4 is 5.32 Å². The van der Waals surface area contributed by atoms with Gasteiger partial charge in [0.05, 0.1) is 6.42 Å². The van der Waals surface area contributed by atoms with E-state index in [1.807, 2.05) is 56.3 Å². The first-order valence-electron chi connectivity index (χ1n) is 10.7. The van der Waals surface area contributed by atoms with E-state index in [1.165, 1.54) is 5.56 Å². The van der Waals surface area contributed by atoms with Crippen molar-refractivity contribution in [1.29, 1.82) is 0 Å². The van der Waals surface area contributed by atoms with Gasteiger partial charge in [0.2, 0.25) is 11.8 Å². The number of aryl methyl sites for hydroxylation is 2. The Bertz CT molecular complexity index is 906. The van der Waals surface area contributed by atoms with E-state index < -0.39 is 6.04 Å². The summed E-state index contributed by atoms with van der Waals surface area (Å²) in [6.45, 7) is 6.27. The molecule has 2 aromatic rings. The number of hydrogen-bond donors (Lipinski definition) is 1. The normalized spacial score (nSPS) is 15.1. The van der Waals surface area contributed by atoms with E-state index in [1.54, 1.807) is 4.90 Å².